The Morgan fingerprint density at radius 1 is 1.27 bits per heavy atom. The van der Waals surface area contributed by atoms with Crippen molar-refractivity contribution >= 4 is 33.2 Å². The van der Waals surface area contributed by atoms with Gasteiger partial charge in [0.25, 0.3) is 0 Å². The maximum Gasteiger partial charge on any atom is 0.175 e. The van der Waals surface area contributed by atoms with Gasteiger partial charge in [-0.2, -0.15) is 0 Å². The van der Waals surface area contributed by atoms with Crippen LogP contribution in [-0.2, 0) is 9.84 Å². The first-order valence-electron chi connectivity index (χ1n) is 10.1. The van der Waals surface area contributed by atoms with E-state index in [1.165, 1.54) is 23.5 Å². The maximum atomic E-state index is 14.9. The van der Waals surface area contributed by atoms with E-state index in [1.807, 2.05) is 5.38 Å². The molecule has 6 nitrogen and oxygen atoms in total. The molecule has 0 unspecified atom stereocenters. The van der Waals surface area contributed by atoms with Gasteiger partial charge in [0, 0.05) is 41.6 Å². The minimum atomic E-state index is -3.47. The zero-order valence-electron chi connectivity index (χ0n) is 17.1. The second-order valence-electron chi connectivity index (χ2n) is 7.48. The van der Waals surface area contributed by atoms with E-state index in [1.54, 1.807) is 6.21 Å². The lowest BCUT2D eigenvalue weighted by Crippen LogP contribution is -2.44. The van der Waals surface area contributed by atoms with E-state index < -0.39 is 15.7 Å². The van der Waals surface area contributed by atoms with Gasteiger partial charge in [-0.25, -0.2) is 17.8 Å². The van der Waals surface area contributed by atoms with Gasteiger partial charge in [0.1, 0.15) is 11.6 Å². The fourth-order valence-corrected chi connectivity index (χ4v) is 5.69. The van der Waals surface area contributed by atoms with Crippen molar-refractivity contribution in [3.63, 3.8) is 0 Å². The number of halogens is 1. The first-order valence-corrected chi connectivity index (χ1v) is 12.8. The number of hydrogen-bond donors (Lipinski definition) is 1. The number of rotatable bonds is 5. The van der Waals surface area contributed by atoms with Crippen molar-refractivity contribution < 1.29 is 12.8 Å². The van der Waals surface area contributed by atoms with E-state index in [0.29, 0.717) is 23.7 Å². The van der Waals surface area contributed by atoms with Crippen LogP contribution in [0.15, 0.2) is 38.5 Å². The number of sulfone groups is 1. The number of hydrogen-bond acceptors (Lipinski definition) is 7. The summed E-state index contributed by atoms with van der Waals surface area (Å²) in [6.45, 7) is 5.37. The average Bonchev–Trinajstić information content (AvgIpc) is 3.02. The number of benzene rings is 1. The van der Waals surface area contributed by atoms with Gasteiger partial charge in [0.15, 0.2) is 9.84 Å². The van der Waals surface area contributed by atoms with Crippen LogP contribution in [0.4, 0.5) is 4.39 Å². The van der Waals surface area contributed by atoms with Crippen LogP contribution in [-0.4, -0.2) is 58.0 Å². The van der Waals surface area contributed by atoms with E-state index in [0.717, 1.165) is 60.5 Å². The number of fused-ring (bicyclic) bond motifs is 1. The van der Waals surface area contributed by atoms with Gasteiger partial charge in [0.05, 0.1) is 21.3 Å². The Bertz CT molecular complexity index is 1200. The molecule has 160 valence electrons. The van der Waals surface area contributed by atoms with Gasteiger partial charge in [-0.15, -0.1) is 11.3 Å². The van der Waals surface area contributed by atoms with Crippen molar-refractivity contribution in [3.05, 3.63) is 39.3 Å². The van der Waals surface area contributed by atoms with Gasteiger partial charge >= 0.3 is 0 Å². The molecule has 0 amide bonds. The topological polar surface area (TPSA) is 74.1 Å². The highest BCUT2D eigenvalue weighted by Crippen LogP contribution is 2.25. The van der Waals surface area contributed by atoms with E-state index >= 15 is 0 Å². The van der Waals surface area contributed by atoms with E-state index in [-0.39, 0.29) is 4.90 Å². The Morgan fingerprint density at radius 3 is 2.70 bits per heavy atom. The number of nitrogens with one attached hydrogen (secondary N) is 1. The second kappa shape index (κ2) is 8.56. The Kier molecular flexibility index (Phi) is 6.04. The van der Waals surface area contributed by atoms with Crippen molar-refractivity contribution in [3.8, 4) is 11.1 Å². The molecule has 3 heterocycles. The molecule has 2 aliphatic heterocycles. The largest absolute Gasteiger partial charge is 0.353 e. The average molecular weight is 449 g/mol. The van der Waals surface area contributed by atoms with Crippen LogP contribution in [0.2, 0.25) is 0 Å². The normalized spacial score (nSPS) is 17.4. The molecule has 0 spiro atoms. The van der Waals surface area contributed by atoms with E-state index in [4.69, 9.17) is 4.99 Å². The van der Waals surface area contributed by atoms with Crippen LogP contribution < -0.4 is 15.2 Å². The fraction of sp³-hybridized carbons (Fsp3) is 0.429. The summed E-state index contributed by atoms with van der Waals surface area (Å²) >= 11 is 1.51. The Morgan fingerprint density at radius 2 is 2.03 bits per heavy atom. The minimum absolute atomic E-state index is 0.0272. The van der Waals surface area contributed by atoms with Crippen molar-refractivity contribution in [2.75, 3.05) is 32.4 Å². The zero-order valence-corrected chi connectivity index (χ0v) is 18.7. The molecule has 0 bridgehead atoms. The smallest absolute Gasteiger partial charge is 0.175 e. The molecule has 9 heteroatoms. The van der Waals surface area contributed by atoms with Crippen molar-refractivity contribution in [1.82, 2.24) is 10.2 Å². The van der Waals surface area contributed by atoms with Crippen molar-refractivity contribution in [1.29, 1.82) is 0 Å². The first kappa shape index (κ1) is 21.1. The molecule has 0 radical (unpaired) electrons. The lowest BCUT2D eigenvalue weighted by Gasteiger charge is -2.35. The molecular weight excluding hydrogens is 423 g/mol. The number of nitrogens with zero attached hydrogens (tertiary/aromatic N) is 3. The molecule has 1 saturated heterocycles. The van der Waals surface area contributed by atoms with E-state index in [2.05, 4.69) is 22.1 Å². The van der Waals surface area contributed by atoms with Gasteiger partial charge in [-0.3, -0.25) is 4.99 Å². The summed E-state index contributed by atoms with van der Waals surface area (Å²) in [5.41, 5.74) is 1.03. The number of piperidine rings is 1. The standard InChI is InChI=1S/C21H25FN4O2S2/c1-3-26(14-6-8-23-9-7-14)21-20-19(24-10-11-25-21)17(13-29-20)16-5-4-15(12-18(16)22)30(2,27)28/h4-5,11-14,23H,3,6-10H2,1-2H3. The second-order valence-corrected chi connectivity index (χ2v) is 10.4. The van der Waals surface area contributed by atoms with Crippen molar-refractivity contribution in [2.24, 2.45) is 9.98 Å². The summed E-state index contributed by atoms with van der Waals surface area (Å²) in [6, 6.07) is 4.47. The van der Waals surface area contributed by atoms with Crippen LogP contribution in [0, 0.1) is 5.82 Å². The molecule has 1 N–H and O–H groups in total. The summed E-state index contributed by atoms with van der Waals surface area (Å²) in [5.74, 6) is 0.330. The lowest BCUT2D eigenvalue weighted by molar-refractivity contribution is 0.244. The predicted octanol–water partition coefficient (Wildman–Crippen LogP) is 1.80. The van der Waals surface area contributed by atoms with E-state index in [9.17, 15) is 12.8 Å². The maximum absolute atomic E-state index is 14.9. The SMILES string of the molecule is CCN(C1=c2scc(-c3ccc(S(C)(=O)=O)cc3F)c2=NCC=N1)C1CCNCC1. The van der Waals surface area contributed by atoms with Gasteiger partial charge in [-0.1, -0.05) is 6.07 Å². The third kappa shape index (κ3) is 4.06. The molecule has 0 saturated carbocycles. The Hall–Kier alpha value is -2.10. The van der Waals surface area contributed by atoms with Crippen LogP contribution in [0.25, 0.3) is 16.9 Å². The van der Waals surface area contributed by atoms with Gasteiger partial charge < -0.3 is 10.2 Å². The summed E-state index contributed by atoms with van der Waals surface area (Å²) in [4.78, 5) is 11.7. The quantitative estimate of drug-likeness (QED) is 0.757. The van der Waals surface area contributed by atoms with Crippen LogP contribution in [0.3, 0.4) is 0 Å². The summed E-state index contributed by atoms with van der Waals surface area (Å²) in [6.07, 6.45) is 4.99. The van der Waals surface area contributed by atoms with Crippen LogP contribution >= 0.6 is 11.3 Å². The monoisotopic (exact) mass is 448 g/mol. The number of thiophene rings is 1. The molecule has 2 aromatic rings. The molecule has 1 aromatic heterocycles. The lowest BCUT2D eigenvalue weighted by atomic mass is 10.0. The highest BCUT2D eigenvalue weighted by atomic mass is 32.2. The molecule has 1 aromatic carbocycles. The first-order chi connectivity index (χ1) is 14.4. The highest BCUT2D eigenvalue weighted by molar-refractivity contribution is 7.90. The zero-order chi connectivity index (χ0) is 21.3. The summed E-state index contributed by atoms with van der Waals surface area (Å²) < 4.78 is 39.3. The molecule has 4 rings (SSSR count). The Balaban J connectivity index is 1.84. The van der Waals surface area contributed by atoms with Gasteiger partial charge in [0.2, 0.25) is 0 Å². The predicted molar refractivity (Wildman–Crippen MR) is 119 cm³/mol. The fourth-order valence-electron chi connectivity index (χ4n) is 4.03. The third-order valence-corrected chi connectivity index (χ3v) is 7.61. The van der Waals surface area contributed by atoms with Crippen molar-refractivity contribution in [2.45, 2.75) is 30.7 Å². The minimum Gasteiger partial charge on any atom is -0.353 e. The van der Waals surface area contributed by atoms with Crippen LogP contribution in [0.1, 0.15) is 19.8 Å². The summed E-state index contributed by atoms with van der Waals surface area (Å²) in [5, 5.41) is 6.02. The highest BCUT2D eigenvalue weighted by Gasteiger charge is 2.24. The molecule has 30 heavy (non-hydrogen) atoms. The molecular formula is C21H25FN4O2S2. The third-order valence-electron chi connectivity index (χ3n) is 5.53. The molecule has 1 fully saturated rings. The molecule has 0 aliphatic carbocycles. The summed E-state index contributed by atoms with van der Waals surface area (Å²) in [7, 11) is -3.47. The number of aliphatic imine (C=N–C) groups is 1. The Labute approximate surface area is 179 Å². The molecule has 2 aliphatic rings. The molecule has 0 atom stereocenters. The van der Waals surface area contributed by atoms with Crippen LogP contribution in [0.5, 0.6) is 0 Å². The van der Waals surface area contributed by atoms with Gasteiger partial charge in [-0.05, 0) is 45.0 Å².